The van der Waals surface area contributed by atoms with Crippen molar-refractivity contribution < 1.29 is 13.0 Å². The van der Waals surface area contributed by atoms with Crippen molar-refractivity contribution in [1.29, 1.82) is 0 Å². The molecule has 6 heteroatoms. The predicted molar refractivity (Wildman–Crippen MR) is 53.4 cm³/mol. The van der Waals surface area contributed by atoms with Gasteiger partial charge in [0.2, 0.25) is 0 Å². The Morgan fingerprint density at radius 2 is 1.62 bits per heavy atom. The van der Waals surface area contributed by atoms with E-state index in [1.807, 2.05) is 30.3 Å². The Kier molecular flexibility index (Phi) is 6.07. The minimum absolute atomic E-state index is 0.612. The van der Waals surface area contributed by atoms with Crippen molar-refractivity contribution >= 4 is 31.6 Å². The van der Waals surface area contributed by atoms with Crippen molar-refractivity contribution in [2.45, 2.75) is 5.88 Å². The van der Waals surface area contributed by atoms with Crippen LogP contribution in [0.15, 0.2) is 30.3 Å². The highest BCUT2D eigenvalue weighted by Gasteiger charge is 1.86. The molecular formula is C7H8Cl2O3S. The molecule has 0 unspecified atom stereocenters. The Morgan fingerprint density at radius 1 is 1.23 bits per heavy atom. The first kappa shape index (κ1) is 12.7. The highest BCUT2D eigenvalue weighted by molar-refractivity contribution is 8.09. The van der Waals surface area contributed by atoms with Gasteiger partial charge in [-0.2, -0.15) is 8.42 Å². The highest BCUT2D eigenvalue weighted by Crippen LogP contribution is 2.00. The number of hydrogen-bond acceptors (Lipinski definition) is 2. The van der Waals surface area contributed by atoms with Crippen LogP contribution >= 0.6 is 22.3 Å². The smallest absolute Gasteiger partial charge is 0.273 e. The molecule has 13 heavy (non-hydrogen) atoms. The molecule has 0 fully saturated rings. The summed E-state index contributed by atoms with van der Waals surface area (Å²) < 4.78 is 25.2. The molecule has 0 amide bonds. The zero-order valence-electron chi connectivity index (χ0n) is 6.52. The van der Waals surface area contributed by atoms with E-state index in [4.69, 9.17) is 24.6 Å². The van der Waals surface area contributed by atoms with Crippen molar-refractivity contribution in [3.63, 3.8) is 0 Å². The summed E-state index contributed by atoms with van der Waals surface area (Å²) in [6.45, 7) is 0. The van der Waals surface area contributed by atoms with Crippen LogP contribution < -0.4 is 0 Å². The summed E-state index contributed by atoms with van der Waals surface area (Å²) in [6, 6.07) is 9.96. The summed E-state index contributed by atoms with van der Waals surface area (Å²) >= 11 is 5.53. The minimum Gasteiger partial charge on any atom is -0.273 e. The number of benzene rings is 1. The SMILES string of the molecule is ClCc1ccccc1.O=S(=O)(O)Cl. The summed E-state index contributed by atoms with van der Waals surface area (Å²) in [5, 5.41) is 0. The quantitative estimate of drug-likeness (QED) is 0.468. The van der Waals surface area contributed by atoms with Gasteiger partial charge in [0.15, 0.2) is 0 Å². The average molecular weight is 243 g/mol. The largest absolute Gasteiger partial charge is 0.353 e. The summed E-state index contributed by atoms with van der Waals surface area (Å²) in [4.78, 5) is 0. The lowest BCUT2D eigenvalue weighted by atomic mass is 10.2. The predicted octanol–water partition coefficient (Wildman–Crippen LogP) is 2.45. The molecule has 0 radical (unpaired) electrons. The molecule has 0 heterocycles. The summed E-state index contributed by atoms with van der Waals surface area (Å²) in [7, 11) is -0.137. The second kappa shape index (κ2) is 6.21. The molecule has 0 spiro atoms. The Morgan fingerprint density at radius 3 is 1.85 bits per heavy atom. The van der Waals surface area contributed by atoms with Crippen molar-refractivity contribution in [3.8, 4) is 0 Å². The van der Waals surface area contributed by atoms with Crippen LogP contribution in [0.2, 0.25) is 0 Å². The molecular weight excluding hydrogens is 235 g/mol. The second-order valence-corrected chi connectivity index (χ2v) is 4.29. The van der Waals surface area contributed by atoms with Gasteiger partial charge in [0.1, 0.15) is 0 Å². The molecule has 0 atom stereocenters. The van der Waals surface area contributed by atoms with Gasteiger partial charge in [-0.3, -0.25) is 4.55 Å². The summed E-state index contributed by atoms with van der Waals surface area (Å²) in [5.74, 6) is 0.612. The van der Waals surface area contributed by atoms with Gasteiger partial charge in [-0.25, -0.2) is 0 Å². The molecule has 1 rings (SSSR count). The third-order valence-corrected chi connectivity index (χ3v) is 1.31. The van der Waals surface area contributed by atoms with Gasteiger partial charge < -0.3 is 0 Å². The Bertz CT molecular complexity index is 315. The molecule has 0 saturated heterocycles. The maximum Gasteiger partial charge on any atom is 0.353 e. The maximum absolute atomic E-state index is 8.95. The molecule has 1 N–H and O–H groups in total. The molecule has 74 valence electrons. The van der Waals surface area contributed by atoms with Gasteiger partial charge in [-0.1, -0.05) is 30.3 Å². The fraction of sp³-hybridized carbons (Fsp3) is 0.143. The van der Waals surface area contributed by atoms with Crippen LogP contribution in [0.4, 0.5) is 0 Å². The molecule has 0 saturated carbocycles. The van der Waals surface area contributed by atoms with Crippen LogP contribution in [0.1, 0.15) is 5.56 Å². The van der Waals surface area contributed by atoms with Crippen LogP contribution in [0.5, 0.6) is 0 Å². The van der Waals surface area contributed by atoms with E-state index in [2.05, 4.69) is 10.7 Å². The van der Waals surface area contributed by atoms with Crippen molar-refractivity contribution in [3.05, 3.63) is 35.9 Å². The molecule has 0 aliphatic rings. The monoisotopic (exact) mass is 242 g/mol. The first-order valence-corrected chi connectivity index (χ1v) is 6.00. The number of alkyl halides is 1. The van der Waals surface area contributed by atoms with Gasteiger partial charge in [0.05, 0.1) is 0 Å². The highest BCUT2D eigenvalue weighted by atomic mass is 35.7. The van der Waals surface area contributed by atoms with Gasteiger partial charge >= 0.3 is 9.33 Å². The van der Waals surface area contributed by atoms with Gasteiger partial charge in [0, 0.05) is 16.6 Å². The van der Waals surface area contributed by atoms with E-state index in [0.717, 1.165) is 0 Å². The van der Waals surface area contributed by atoms with E-state index in [-0.39, 0.29) is 0 Å². The Balaban J connectivity index is 0.000000252. The number of hydrogen-bond donors (Lipinski definition) is 1. The topological polar surface area (TPSA) is 54.4 Å². The zero-order valence-corrected chi connectivity index (χ0v) is 8.85. The van der Waals surface area contributed by atoms with E-state index in [0.29, 0.717) is 5.88 Å². The lowest BCUT2D eigenvalue weighted by Crippen LogP contribution is -1.77. The number of halogens is 2. The number of rotatable bonds is 1. The molecule has 3 nitrogen and oxygen atoms in total. The summed E-state index contributed by atoms with van der Waals surface area (Å²) in [6.07, 6.45) is 0. The fourth-order valence-corrected chi connectivity index (χ4v) is 0.745. The van der Waals surface area contributed by atoms with Crippen LogP contribution in [-0.2, 0) is 15.2 Å². The fourth-order valence-electron chi connectivity index (χ4n) is 0.567. The van der Waals surface area contributed by atoms with E-state index in [9.17, 15) is 0 Å². The van der Waals surface area contributed by atoms with Crippen LogP contribution in [0, 0.1) is 0 Å². The van der Waals surface area contributed by atoms with Crippen molar-refractivity contribution in [2.24, 2.45) is 0 Å². The first-order chi connectivity index (χ1) is 5.93. The lowest BCUT2D eigenvalue weighted by molar-refractivity contribution is 0.501. The Labute approximate surface area is 86.5 Å². The van der Waals surface area contributed by atoms with Crippen LogP contribution in [-0.4, -0.2) is 13.0 Å². The van der Waals surface area contributed by atoms with Crippen LogP contribution in [0.3, 0.4) is 0 Å². The third kappa shape index (κ3) is 11.7. The zero-order chi connectivity index (χ0) is 10.3. The normalized spacial score (nSPS) is 10.1. The van der Waals surface area contributed by atoms with Gasteiger partial charge in [-0.15, -0.1) is 11.6 Å². The molecule has 1 aromatic rings. The Hall–Kier alpha value is -0.290. The third-order valence-electron chi connectivity index (χ3n) is 0.997. The summed E-state index contributed by atoms with van der Waals surface area (Å²) in [5.41, 5.74) is 1.18. The molecule has 0 aromatic heterocycles. The molecule has 1 aromatic carbocycles. The van der Waals surface area contributed by atoms with Crippen LogP contribution in [0.25, 0.3) is 0 Å². The average Bonchev–Trinajstić information content (AvgIpc) is 2.03. The molecule has 0 aliphatic heterocycles. The standard InChI is InChI=1S/C7H7Cl.ClHO3S/c8-6-7-4-2-1-3-5-7;1-5(2,3)4/h1-5H,6H2;(H,2,3,4). The lowest BCUT2D eigenvalue weighted by Gasteiger charge is -1.88. The van der Waals surface area contributed by atoms with E-state index in [1.165, 1.54) is 5.56 Å². The van der Waals surface area contributed by atoms with Gasteiger partial charge in [0.25, 0.3) is 0 Å². The molecule has 0 aliphatic carbocycles. The minimum atomic E-state index is -4.19. The maximum atomic E-state index is 8.95. The first-order valence-electron chi connectivity index (χ1n) is 3.20. The van der Waals surface area contributed by atoms with E-state index in [1.54, 1.807) is 0 Å². The van der Waals surface area contributed by atoms with Gasteiger partial charge in [-0.05, 0) is 5.56 Å². The van der Waals surface area contributed by atoms with Crippen molar-refractivity contribution in [1.82, 2.24) is 0 Å². The van der Waals surface area contributed by atoms with E-state index < -0.39 is 9.33 Å². The molecule has 0 bridgehead atoms. The second-order valence-electron chi connectivity index (χ2n) is 2.03. The van der Waals surface area contributed by atoms with E-state index >= 15 is 0 Å². The van der Waals surface area contributed by atoms with Crippen molar-refractivity contribution in [2.75, 3.05) is 0 Å².